The topological polar surface area (TPSA) is 40.0 Å². The lowest BCUT2D eigenvalue weighted by Gasteiger charge is -2.05. The molecule has 4 nitrogen and oxygen atoms in total. The molecule has 0 saturated carbocycles. The molecule has 0 unspecified atom stereocenters. The predicted molar refractivity (Wildman–Crippen MR) is 40.5 cm³/mol. The second kappa shape index (κ2) is 5.05. The van der Waals surface area contributed by atoms with Gasteiger partial charge in [0.25, 0.3) is 0 Å². The van der Waals surface area contributed by atoms with Gasteiger partial charge < -0.3 is 4.84 Å². The Hall–Kier alpha value is -0.680. The molecule has 1 rings (SSSR count). The maximum Gasteiger partial charge on any atom is 0.135 e. The lowest BCUT2D eigenvalue weighted by Crippen LogP contribution is -2.11. The minimum absolute atomic E-state index is 0.0501. The van der Waals surface area contributed by atoms with E-state index in [1.54, 1.807) is 0 Å². The molecule has 0 aromatic carbocycles. The van der Waals surface area contributed by atoms with Crippen LogP contribution in [0.4, 0.5) is 4.39 Å². The van der Waals surface area contributed by atoms with Gasteiger partial charge in [0, 0.05) is 12.8 Å². The maximum atomic E-state index is 12.0. The fourth-order valence-electron chi connectivity index (χ4n) is 0.983. The Balaban J connectivity index is 2.06. The highest BCUT2D eigenvalue weighted by molar-refractivity contribution is 5.86. The number of alkyl halides is 1. The van der Waals surface area contributed by atoms with Crippen molar-refractivity contribution in [1.29, 1.82) is 0 Å². The van der Waals surface area contributed by atoms with E-state index in [9.17, 15) is 4.39 Å². The van der Waals surface area contributed by atoms with Crippen molar-refractivity contribution in [2.75, 3.05) is 20.4 Å². The van der Waals surface area contributed by atoms with Crippen LogP contribution in [0, 0.1) is 0 Å². The minimum atomic E-state index is -0.526. The molecule has 0 radical (unpaired) electrons. The number of halogens is 1. The first-order chi connectivity index (χ1) is 5.86. The van der Waals surface area contributed by atoms with Gasteiger partial charge >= 0.3 is 0 Å². The molecule has 1 aliphatic heterocycles. The molecule has 0 N–H and O–H groups in total. The highest BCUT2D eigenvalue weighted by Gasteiger charge is 2.20. The fourth-order valence-corrected chi connectivity index (χ4v) is 0.983. The lowest BCUT2D eigenvalue weighted by molar-refractivity contribution is -0.275. The summed E-state index contributed by atoms with van der Waals surface area (Å²) in [7, 11) is 1.44. The van der Waals surface area contributed by atoms with Crippen molar-refractivity contribution in [2.24, 2.45) is 5.16 Å². The predicted octanol–water partition coefficient (Wildman–Crippen LogP) is 1.07. The Bertz CT molecular complexity index is 163. The largest absolute Gasteiger partial charge is 0.392 e. The van der Waals surface area contributed by atoms with Crippen molar-refractivity contribution >= 4 is 5.71 Å². The third kappa shape index (κ3) is 2.75. The standard InChI is InChI=1S/C7H12FNO3/c1-10-11-3-2-7-4-6(5-8)9-12-7/h7H,2-5H2,1H3/t7-/m1/s1. The second-order valence-corrected chi connectivity index (χ2v) is 2.50. The Kier molecular flexibility index (Phi) is 3.96. The molecule has 0 amide bonds. The fraction of sp³-hybridized carbons (Fsp3) is 0.857. The first-order valence-electron chi connectivity index (χ1n) is 3.80. The van der Waals surface area contributed by atoms with Gasteiger partial charge in [-0.25, -0.2) is 14.2 Å². The molecule has 1 atom stereocenters. The van der Waals surface area contributed by atoms with Crippen molar-refractivity contribution < 1.29 is 19.0 Å². The van der Waals surface area contributed by atoms with Crippen LogP contribution in [0.5, 0.6) is 0 Å². The molecule has 70 valence electrons. The highest BCUT2D eigenvalue weighted by Crippen LogP contribution is 2.13. The van der Waals surface area contributed by atoms with E-state index in [1.165, 1.54) is 7.11 Å². The highest BCUT2D eigenvalue weighted by atomic mass is 19.1. The van der Waals surface area contributed by atoms with Crippen LogP contribution in [0.3, 0.4) is 0 Å². The molecule has 0 fully saturated rings. The summed E-state index contributed by atoms with van der Waals surface area (Å²) in [6.07, 6.45) is 1.18. The monoisotopic (exact) mass is 177 g/mol. The number of rotatable bonds is 5. The Labute approximate surface area is 70.2 Å². The van der Waals surface area contributed by atoms with Crippen molar-refractivity contribution in [3.05, 3.63) is 0 Å². The van der Waals surface area contributed by atoms with E-state index in [4.69, 9.17) is 4.84 Å². The lowest BCUT2D eigenvalue weighted by atomic mass is 10.1. The number of hydrogen-bond donors (Lipinski definition) is 0. The zero-order chi connectivity index (χ0) is 8.81. The molecule has 0 aromatic heterocycles. The van der Waals surface area contributed by atoms with Crippen LogP contribution < -0.4 is 0 Å². The van der Waals surface area contributed by atoms with Gasteiger partial charge in [-0.3, -0.25) is 0 Å². The molecule has 1 heterocycles. The molecule has 12 heavy (non-hydrogen) atoms. The van der Waals surface area contributed by atoms with Crippen LogP contribution in [0.15, 0.2) is 5.16 Å². The SMILES string of the molecule is COOCC[C@@H]1CC(CF)=NO1. The van der Waals surface area contributed by atoms with Gasteiger partial charge in [-0.1, -0.05) is 5.16 Å². The van der Waals surface area contributed by atoms with Crippen LogP contribution in [0.25, 0.3) is 0 Å². The molecule has 0 spiro atoms. The van der Waals surface area contributed by atoms with Gasteiger partial charge in [-0.2, -0.15) is 0 Å². The van der Waals surface area contributed by atoms with E-state index in [0.717, 1.165) is 0 Å². The van der Waals surface area contributed by atoms with E-state index in [1.807, 2.05) is 0 Å². The van der Waals surface area contributed by atoms with Crippen LogP contribution in [0.2, 0.25) is 0 Å². The van der Waals surface area contributed by atoms with Crippen LogP contribution >= 0.6 is 0 Å². The normalized spacial score (nSPS) is 22.2. The summed E-state index contributed by atoms with van der Waals surface area (Å²) in [4.78, 5) is 13.9. The van der Waals surface area contributed by atoms with E-state index < -0.39 is 6.67 Å². The Morgan fingerprint density at radius 3 is 3.17 bits per heavy atom. The van der Waals surface area contributed by atoms with E-state index >= 15 is 0 Å². The third-order valence-corrected chi connectivity index (χ3v) is 1.59. The summed E-state index contributed by atoms with van der Waals surface area (Å²) >= 11 is 0. The number of hydrogen-bond acceptors (Lipinski definition) is 4. The first kappa shape index (κ1) is 9.41. The third-order valence-electron chi connectivity index (χ3n) is 1.59. The summed E-state index contributed by atoms with van der Waals surface area (Å²) in [5, 5.41) is 3.56. The van der Waals surface area contributed by atoms with Crippen molar-refractivity contribution in [3.63, 3.8) is 0 Å². The van der Waals surface area contributed by atoms with E-state index in [-0.39, 0.29) is 6.10 Å². The summed E-state index contributed by atoms with van der Waals surface area (Å²) in [5.74, 6) is 0. The molecule has 0 bridgehead atoms. The second-order valence-electron chi connectivity index (χ2n) is 2.50. The molecule has 0 aliphatic carbocycles. The quantitative estimate of drug-likeness (QED) is 0.358. The van der Waals surface area contributed by atoms with Crippen molar-refractivity contribution in [1.82, 2.24) is 0 Å². The molecule has 0 aromatic rings. The zero-order valence-corrected chi connectivity index (χ0v) is 6.96. The number of oxime groups is 1. The van der Waals surface area contributed by atoms with Crippen LogP contribution in [-0.4, -0.2) is 32.2 Å². The molecular formula is C7H12FNO3. The summed E-state index contributed by atoms with van der Waals surface area (Å²) in [5.41, 5.74) is 0.470. The van der Waals surface area contributed by atoms with Crippen molar-refractivity contribution in [2.45, 2.75) is 18.9 Å². The van der Waals surface area contributed by atoms with E-state index in [2.05, 4.69) is 14.9 Å². The van der Waals surface area contributed by atoms with Gasteiger partial charge in [-0.05, 0) is 0 Å². The van der Waals surface area contributed by atoms with E-state index in [0.29, 0.717) is 25.2 Å². The van der Waals surface area contributed by atoms with Gasteiger partial charge in [0.1, 0.15) is 12.8 Å². The smallest absolute Gasteiger partial charge is 0.135 e. The van der Waals surface area contributed by atoms with Crippen LogP contribution in [-0.2, 0) is 14.6 Å². The summed E-state index contributed by atoms with van der Waals surface area (Å²) in [6, 6.07) is 0. The van der Waals surface area contributed by atoms with Crippen molar-refractivity contribution in [3.8, 4) is 0 Å². The number of nitrogens with zero attached hydrogens (tertiary/aromatic N) is 1. The Morgan fingerprint density at radius 1 is 1.75 bits per heavy atom. The van der Waals surface area contributed by atoms with Gasteiger partial charge in [0.2, 0.25) is 0 Å². The molecule has 1 aliphatic rings. The Morgan fingerprint density at radius 2 is 2.58 bits per heavy atom. The average Bonchev–Trinajstić information content (AvgIpc) is 2.53. The first-order valence-corrected chi connectivity index (χ1v) is 3.80. The minimum Gasteiger partial charge on any atom is -0.392 e. The summed E-state index contributed by atoms with van der Waals surface area (Å²) in [6.45, 7) is -0.0854. The molecular weight excluding hydrogens is 165 g/mol. The van der Waals surface area contributed by atoms with Gasteiger partial charge in [0.05, 0.1) is 19.4 Å². The molecule has 5 heteroatoms. The maximum absolute atomic E-state index is 12.0. The van der Waals surface area contributed by atoms with Crippen LogP contribution in [0.1, 0.15) is 12.8 Å². The zero-order valence-electron chi connectivity index (χ0n) is 6.96. The average molecular weight is 177 g/mol. The van der Waals surface area contributed by atoms with Gasteiger partial charge in [-0.15, -0.1) is 0 Å². The molecule has 0 saturated heterocycles. The summed E-state index contributed by atoms with van der Waals surface area (Å²) < 4.78 is 12.0. The van der Waals surface area contributed by atoms with Gasteiger partial charge in [0.15, 0.2) is 0 Å².